The van der Waals surface area contributed by atoms with Crippen molar-refractivity contribution in [3.63, 3.8) is 0 Å². The molecule has 0 atom stereocenters. The number of carbonyl (C=O) groups is 1. The van der Waals surface area contributed by atoms with Crippen LogP contribution in [0.4, 0.5) is 20.6 Å². The van der Waals surface area contributed by atoms with Crippen LogP contribution in [0.1, 0.15) is 11.1 Å². The van der Waals surface area contributed by atoms with Crippen molar-refractivity contribution < 1.29 is 27.1 Å². The van der Waals surface area contributed by atoms with Gasteiger partial charge in [-0.25, -0.2) is 17.6 Å². The van der Waals surface area contributed by atoms with Gasteiger partial charge in [-0.2, -0.15) is 4.31 Å². The van der Waals surface area contributed by atoms with Gasteiger partial charge in [0.15, 0.2) is 11.5 Å². The molecule has 1 aliphatic rings. The monoisotopic (exact) mass is 456 g/mol. The molecule has 4 rings (SSSR count). The van der Waals surface area contributed by atoms with Crippen LogP contribution in [-0.4, -0.2) is 28.7 Å². The quantitative estimate of drug-likeness (QED) is 0.566. The first kappa shape index (κ1) is 21.6. The van der Waals surface area contributed by atoms with E-state index in [-0.39, 0.29) is 28.6 Å². The summed E-state index contributed by atoms with van der Waals surface area (Å²) >= 11 is 0. The van der Waals surface area contributed by atoms with Crippen LogP contribution in [-0.2, 0) is 16.6 Å². The molecule has 0 unspecified atom stereocenters. The lowest BCUT2D eigenvalue weighted by Gasteiger charge is -2.36. The fourth-order valence-electron chi connectivity index (χ4n) is 3.69. The van der Waals surface area contributed by atoms with E-state index in [0.717, 1.165) is 0 Å². The van der Waals surface area contributed by atoms with Gasteiger partial charge < -0.3 is 9.47 Å². The van der Waals surface area contributed by atoms with Gasteiger partial charge in [-0.1, -0.05) is 24.3 Å². The number of amides is 2. The number of para-hydroxylation sites is 1. The number of halogens is 1. The molecule has 1 aliphatic heterocycles. The number of hydrogen-bond acceptors (Lipinski definition) is 5. The highest BCUT2D eigenvalue weighted by Crippen LogP contribution is 2.40. The smallest absolute Gasteiger partial charge is 0.343 e. The third-order valence-corrected chi connectivity index (χ3v) is 7.10. The number of methoxy groups -OCH3 is 2. The summed E-state index contributed by atoms with van der Waals surface area (Å²) in [5, 5.41) is 0. The van der Waals surface area contributed by atoms with Crippen LogP contribution < -0.4 is 18.7 Å². The maximum atomic E-state index is 14.6. The Bertz CT molecular complexity index is 1290. The van der Waals surface area contributed by atoms with Gasteiger partial charge in [-0.15, -0.1) is 0 Å². The van der Waals surface area contributed by atoms with Crippen molar-refractivity contribution >= 4 is 27.4 Å². The maximum absolute atomic E-state index is 14.6. The summed E-state index contributed by atoms with van der Waals surface area (Å²) in [6.07, 6.45) is 0. The summed E-state index contributed by atoms with van der Waals surface area (Å²) in [5.74, 6) is 0.182. The van der Waals surface area contributed by atoms with Crippen molar-refractivity contribution in [1.29, 1.82) is 0 Å². The average Bonchev–Trinajstić information content (AvgIpc) is 2.78. The Hall–Kier alpha value is -3.59. The SMILES string of the molecule is COc1ccc(N2C(=O)N(Cc3c(C)cccc3F)c3ccccc3S2(=O)=O)cc1OC. The Labute approximate surface area is 185 Å². The van der Waals surface area contributed by atoms with E-state index in [4.69, 9.17) is 9.47 Å². The molecule has 166 valence electrons. The fraction of sp³-hybridized carbons (Fsp3) is 0.174. The Morgan fingerprint density at radius 3 is 2.34 bits per heavy atom. The lowest BCUT2D eigenvalue weighted by molar-refractivity contribution is 0.253. The molecule has 3 aromatic carbocycles. The number of aryl methyl sites for hydroxylation is 1. The molecular formula is C23H21FN2O5S. The molecule has 0 bridgehead atoms. The van der Waals surface area contributed by atoms with Crippen LogP contribution in [0.25, 0.3) is 0 Å². The highest BCUT2D eigenvalue weighted by molar-refractivity contribution is 7.94. The lowest BCUT2D eigenvalue weighted by atomic mass is 10.1. The van der Waals surface area contributed by atoms with Crippen LogP contribution in [0, 0.1) is 12.7 Å². The minimum Gasteiger partial charge on any atom is -0.493 e. The standard InChI is InChI=1S/C23H21FN2O5S/c1-15-7-6-8-18(24)17(15)14-25-19-9-4-5-10-22(19)32(28,29)26(23(25)27)16-11-12-20(30-2)21(13-16)31-3/h4-13H,14H2,1-3H3. The normalized spacial score (nSPS) is 14.8. The highest BCUT2D eigenvalue weighted by Gasteiger charge is 2.43. The van der Waals surface area contributed by atoms with Gasteiger partial charge in [0.1, 0.15) is 10.7 Å². The van der Waals surface area contributed by atoms with Gasteiger partial charge in [0.05, 0.1) is 32.1 Å². The molecule has 9 heteroatoms. The summed E-state index contributed by atoms with van der Waals surface area (Å²) in [6, 6.07) is 14.4. The van der Waals surface area contributed by atoms with E-state index in [9.17, 15) is 17.6 Å². The summed E-state index contributed by atoms with van der Waals surface area (Å²) in [4.78, 5) is 14.8. The number of nitrogens with zero attached hydrogens (tertiary/aromatic N) is 2. The van der Waals surface area contributed by atoms with E-state index in [1.165, 1.54) is 55.5 Å². The second kappa shape index (κ2) is 8.16. The first-order valence-corrected chi connectivity index (χ1v) is 11.2. The van der Waals surface area contributed by atoms with Crippen molar-refractivity contribution in [3.05, 3.63) is 77.6 Å². The van der Waals surface area contributed by atoms with E-state index in [0.29, 0.717) is 21.2 Å². The Morgan fingerprint density at radius 1 is 0.938 bits per heavy atom. The summed E-state index contributed by atoms with van der Waals surface area (Å²) in [7, 11) is -1.36. The van der Waals surface area contributed by atoms with Crippen LogP contribution in [0.5, 0.6) is 11.5 Å². The first-order chi connectivity index (χ1) is 15.3. The zero-order chi connectivity index (χ0) is 23.0. The largest absolute Gasteiger partial charge is 0.493 e. The number of sulfonamides is 1. The van der Waals surface area contributed by atoms with Crippen LogP contribution in [0.15, 0.2) is 65.6 Å². The molecular weight excluding hydrogens is 435 g/mol. The van der Waals surface area contributed by atoms with Crippen molar-refractivity contribution in [2.75, 3.05) is 23.4 Å². The lowest BCUT2D eigenvalue weighted by Crippen LogP contribution is -2.50. The summed E-state index contributed by atoms with van der Waals surface area (Å²) in [6.45, 7) is 1.61. The number of urea groups is 1. The molecule has 7 nitrogen and oxygen atoms in total. The molecule has 0 aliphatic carbocycles. The number of hydrogen-bond donors (Lipinski definition) is 0. The molecule has 0 fully saturated rings. The van der Waals surface area contributed by atoms with Gasteiger partial charge in [0.2, 0.25) is 0 Å². The van der Waals surface area contributed by atoms with E-state index in [2.05, 4.69) is 0 Å². The number of fused-ring (bicyclic) bond motifs is 1. The topological polar surface area (TPSA) is 76.2 Å². The minimum atomic E-state index is -4.22. The van der Waals surface area contributed by atoms with Gasteiger partial charge >= 0.3 is 6.03 Å². The predicted octanol–water partition coefficient (Wildman–Crippen LogP) is 4.49. The third-order valence-electron chi connectivity index (χ3n) is 5.35. The Balaban J connectivity index is 1.89. The van der Waals surface area contributed by atoms with E-state index in [1.807, 2.05) is 0 Å². The molecule has 0 saturated carbocycles. The molecule has 0 aromatic heterocycles. The van der Waals surface area contributed by atoms with Crippen LogP contribution in [0.3, 0.4) is 0 Å². The van der Waals surface area contributed by atoms with Crippen LogP contribution >= 0.6 is 0 Å². The summed E-state index contributed by atoms with van der Waals surface area (Å²) < 4.78 is 52.6. The molecule has 0 spiro atoms. The average molecular weight is 456 g/mol. The van der Waals surface area contributed by atoms with E-state index in [1.54, 1.807) is 31.2 Å². The third kappa shape index (κ3) is 3.44. The van der Waals surface area contributed by atoms with Crippen molar-refractivity contribution in [2.24, 2.45) is 0 Å². The number of benzene rings is 3. The van der Waals surface area contributed by atoms with Gasteiger partial charge in [0, 0.05) is 11.6 Å². The molecule has 2 amide bonds. The highest BCUT2D eigenvalue weighted by atomic mass is 32.2. The first-order valence-electron chi connectivity index (χ1n) is 9.71. The molecule has 0 N–H and O–H groups in total. The van der Waals surface area contributed by atoms with Gasteiger partial charge in [0.25, 0.3) is 10.0 Å². The van der Waals surface area contributed by atoms with Gasteiger partial charge in [-0.05, 0) is 42.8 Å². The number of rotatable bonds is 5. The minimum absolute atomic E-state index is 0.0524. The number of ether oxygens (including phenoxy) is 2. The van der Waals surface area contributed by atoms with Crippen LogP contribution in [0.2, 0.25) is 0 Å². The van der Waals surface area contributed by atoms with Crippen molar-refractivity contribution in [2.45, 2.75) is 18.4 Å². The van der Waals surface area contributed by atoms with Crippen molar-refractivity contribution in [1.82, 2.24) is 0 Å². The molecule has 32 heavy (non-hydrogen) atoms. The Morgan fingerprint density at radius 2 is 1.66 bits per heavy atom. The fourth-order valence-corrected chi connectivity index (χ4v) is 5.28. The predicted molar refractivity (Wildman–Crippen MR) is 118 cm³/mol. The molecule has 0 radical (unpaired) electrons. The van der Waals surface area contributed by atoms with E-state index < -0.39 is 21.9 Å². The van der Waals surface area contributed by atoms with E-state index >= 15 is 0 Å². The molecule has 1 heterocycles. The zero-order valence-electron chi connectivity index (χ0n) is 17.7. The zero-order valence-corrected chi connectivity index (χ0v) is 18.5. The molecule has 3 aromatic rings. The van der Waals surface area contributed by atoms with Gasteiger partial charge in [-0.3, -0.25) is 4.90 Å². The van der Waals surface area contributed by atoms with Crippen molar-refractivity contribution in [3.8, 4) is 11.5 Å². The number of carbonyl (C=O) groups excluding carboxylic acids is 1. The molecule has 0 saturated heterocycles. The second-order valence-electron chi connectivity index (χ2n) is 7.18. The second-order valence-corrected chi connectivity index (χ2v) is 8.94. The Kier molecular flexibility index (Phi) is 5.52. The summed E-state index contributed by atoms with van der Waals surface area (Å²) in [5.41, 5.74) is 1.23. The number of anilines is 2. The maximum Gasteiger partial charge on any atom is 0.343 e.